The summed E-state index contributed by atoms with van der Waals surface area (Å²) < 4.78 is 1.83. The van der Waals surface area contributed by atoms with Crippen molar-refractivity contribution in [2.24, 2.45) is 11.7 Å². The van der Waals surface area contributed by atoms with Gasteiger partial charge in [-0.1, -0.05) is 19.3 Å². The van der Waals surface area contributed by atoms with Gasteiger partial charge in [0.1, 0.15) is 12.7 Å². The average Bonchev–Trinajstić information content (AvgIpc) is 2.72. The van der Waals surface area contributed by atoms with Crippen LogP contribution in [-0.4, -0.2) is 20.8 Å². The van der Waals surface area contributed by atoms with Crippen LogP contribution in [0, 0.1) is 5.92 Å². The number of rotatable bonds is 3. The predicted molar refractivity (Wildman–Crippen MR) is 54.6 cm³/mol. The molecule has 0 aliphatic heterocycles. The van der Waals surface area contributed by atoms with Crippen LogP contribution in [0.25, 0.3) is 0 Å². The van der Waals surface area contributed by atoms with Crippen LogP contribution >= 0.6 is 0 Å². The Morgan fingerprint density at radius 1 is 1.36 bits per heavy atom. The second-order valence-electron chi connectivity index (χ2n) is 4.18. The molecule has 14 heavy (non-hydrogen) atoms. The lowest BCUT2D eigenvalue weighted by Gasteiger charge is -2.27. The maximum Gasteiger partial charge on any atom is 0.137 e. The second kappa shape index (κ2) is 4.55. The van der Waals surface area contributed by atoms with Gasteiger partial charge in [0.15, 0.2) is 0 Å². The molecule has 78 valence electrons. The summed E-state index contributed by atoms with van der Waals surface area (Å²) in [6, 6.07) is 0.247. The maximum absolute atomic E-state index is 6.15. The Morgan fingerprint density at radius 3 is 2.79 bits per heavy atom. The molecule has 1 aromatic rings. The lowest BCUT2D eigenvalue weighted by Crippen LogP contribution is -2.35. The molecule has 0 bridgehead atoms. The standard InChI is InChI=1S/C10H18N4/c11-10(6-14-8-12-7-13-14)9-4-2-1-3-5-9/h7-10H,1-6,11H2. The Labute approximate surface area is 84.5 Å². The van der Waals surface area contributed by atoms with E-state index >= 15 is 0 Å². The minimum absolute atomic E-state index is 0.247. The highest BCUT2D eigenvalue weighted by atomic mass is 15.3. The van der Waals surface area contributed by atoms with Crippen molar-refractivity contribution in [2.75, 3.05) is 0 Å². The molecule has 0 saturated heterocycles. The minimum Gasteiger partial charge on any atom is -0.326 e. The van der Waals surface area contributed by atoms with E-state index in [1.165, 1.54) is 32.1 Å². The van der Waals surface area contributed by atoms with E-state index in [0.29, 0.717) is 5.92 Å². The van der Waals surface area contributed by atoms with Crippen molar-refractivity contribution in [1.82, 2.24) is 14.8 Å². The van der Waals surface area contributed by atoms with Crippen LogP contribution in [0.2, 0.25) is 0 Å². The van der Waals surface area contributed by atoms with Gasteiger partial charge in [-0.2, -0.15) is 5.10 Å². The van der Waals surface area contributed by atoms with E-state index in [0.717, 1.165) is 6.54 Å². The normalized spacial score (nSPS) is 20.9. The Hall–Kier alpha value is -0.900. The van der Waals surface area contributed by atoms with Crippen molar-refractivity contribution in [2.45, 2.75) is 44.7 Å². The lowest BCUT2D eigenvalue weighted by molar-refractivity contribution is 0.279. The van der Waals surface area contributed by atoms with Crippen molar-refractivity contribution < 1.29 is 0 Å². The lowest BCUT2D eigenvalue weighted by atomic mass is 9.84. The summed E-state index contributed by atoms with van der Waals surface area (Å²) in [5, 5.41) is 4.08. The van der Waals surface area contributed by atoms with Crippen molar-refractivity contribution in [3.05, 3.63) is 12.7 Å². The van der Waals surface area contributed by atoms with Gasteiger partial charge in [0.05, 0.1) is 6.54 Å². The smallest absolute Gasteiger partial charge is 0.137 e. The highest BCUT2D eigenvalue weighted by Crippen LogP contribution is 2.25. The number of nitrogens with two attached hydrogens (primary N) is 1. The van der Waals surface area contributed by atoms with Gasteiger partial charge in [0.2, 0.25) is 0 Å². The van der Waals surface area contributed by atoms with Crippen molar-refractivity contribution in [3.8, 4) is 0 Å². The van der Waals surface area contributed by atoms with Gasteiger partial charge in [-0.15, -0.1) is 0 Å². The zero-order valence-electron chi connectivity index (χ0n) is 8.47. The Balaban J connectivity index is 1.85. The van der Waals surface area contributed by atoms with Gasteiger partial charge in [0.25, 0.3) is 0 Å². The molecule has 1 aliphatic carbocycles. The van der Waals surface area contributed by atoms with Gasteiger partial charge in [-0.25, -0.2) is 4.98 Å². The fourth-order valence-electron chi connectivity index (χ4n) is 2.25. The first-order valence-electron chi connectivity index (χ1n) is 5.44. The quantitative estimate of drug-likeness (QED) is 0.786. The molecule has 1 unspecified atom stereocenters. The van der Waals surface area contributed by atoms with Crippen molar-refractivity contribution in [3.63, 3.8) is 0 Å². The third kappa shape index (κ3) is 2.32. The topological polar surface area (TPSA) is 56.7 Å². The van der Waals surface area contributed by atoms with E-state index in [-0.39, 0.29) is 6.04 Å². The molecule has 1 aliphatic rings. The summed E-state index contributed by atoms with van der Waals surface area (Å²) in [5.41, 5.74) is 6.15. The summed E-state index contributed by atoms with van der Waals surface area (Å²) in [6.07, 6.45) is 9.94. The van der Waals surface area contributed by atoms with E-state index in [4.69, 9.17) is 5.73 Å². The molecule has 1 heterocycles. The van der Waals surface area contributed by atoms with E-state index in [2.05, 4.69) is 10.1 Å². The van der Waals surface area contributed by atoms with E-state index < -0.39 is 0 Å². The molecule has 4 heteroatoms. The molecule has 2 rings (SSSR count). The highest BCUT2D eigenvalue weighted by molar-refractivity contribution is 4.76. The van der Waals surface area contributed by atoms with E-state index in [9.17, 15) is 0 Å². The minimum atomic E-state index is 0.247. The van der Waals surface area contributed by atoms with Crippen molar-refractivity contribution >= 4 is 0 Å². The average molecular weight is 194 g/mol. The first-order valence-corrected chi connectivity index (χ1v) is 5.44. The molecule has 0 aromatic carbocycles. The van der Waals surface area contributed by atoms with Crippen LogP contribution in [0.5, 0.6) is 0 Å². The third-order valence-electron chi connectivity index (χ3n) is 3.12. The molecule has 1 saturated carbocycles. The monoisotopic (exact) mass is 194 g/mol. The van der Waals surface area contributed by atoms with Gasteiger partial charge in [-0.05, 0) is 18.8 Å². The molecule has 1 aromatic heterocycles. The molecular formula is C10H18N4. The summed E-state index contributed by atoms with van der Waals surface area (Å²) in [7, 11) is 0. The van der Waals surface area contributed by atoms with Gasteiger partial charge < -0.3 is 5.73 Å². The summed E-state index contributed by atoms with van der Waals surface area (Å²) in [4.78, 5) is 3.92. The van der Waals surface area contributed by atoms with Crippen LogP contribution < -0.4 is 5.73 Å². The SMILES string of the molecule is NC(Cn1cncn1)C1CCCCC1. The zero-order valence-corrected chi connectivity index (χ0v) is 8.47. The number of hydrogen-bond donors (Lipinski definition) is 1. The van der Waals surface area contributed by atoms with E-state index in [1.807, 2.05) is 4.68 Å². The molecule has 0 amide bonds. The van der Waals surface area contributed by atoms with Crippen LogP contribution in [0.3, 0.4) is 0 Å². The Kier molecular flexibility index (Phi) is 3.14. The molecule has 1 fully saturated rings. The molecule has 1 atom stereocenters. The fourth-order valence-corrected chi connectivity index (χ4v) is 2.25. The molecular weight excluding hydrogens is 176 g/mol. The first-order chi connectivity index (χ1) is 6.86. The summed E-state index contributed by atoms with van der Waals surface area (Å²) >= 11 is 0. The van der Waals surface area contributed by atoms with Crippen LogP contribution in [0.1, 0.15) is 32.1 Å². The molecule has 0 spiro atoms. The zero-order chi connectivity index (χ0) is 9.80. The number of nitrogens with zero attached hydrogens (tertiary/aromatic N) is 3. The van der Waals surface area contributed by atoms with Crippen LogP contribution in [0.4, 0.5) is 0 Å². The molecule has 4 nitrogen and oxygen atoms in total. The third-order valence-corrected chi connectivity index (χ3v) is 3.12. The Bertz CT molecular complexity index is 251. The predicted octanol–water partition coefficient (Wildman–Crippen LogP) is 1.19. The van der Waals surface area contributed by atoms with E-state index in [1.54, 1.807) is 12.7 Å². The van der Waals surface area contributed by atoms with Crippen LogP contribution in [-0.2, 0) is 6.54 Å². The Morgan fingerprint density at radius 2 is 2.14 bits per heavy atom. The summed E-state index contributed by atoms with van der Waals surface area (Å²) in [5.74, 6) is 0.688. The first kappa shape index (κ1) is 9.65. The largest absolute Gasteiger partial charge is 0.326 e. The molecule has 2 N–H and O–H groups in total. The van der Waals surface area contributed by atoms with Gasteiger partial charge >= 0.3 is 0 Å². The fraction of sp³-hybridized carbons (Fsp3) is 0.800. The number of aromatic nitrogens is 3. The van der Waals surface area contributed by atoms with Gasteiger partial charge in [-0.3, -0.25) is 4.68 Å². The maximum atomic E-state index is 6.15. The summed E-state index contributed by atoms with van der Waals surface area (Å²) in [6.45, 7) is 0.810. The second-order valence-corrected chi connectivity index (χ2v) is 4.18. The van der Waals surface area contributed by atoms with Crippen molar-refractivity contribution in [1.29, 1.82) is 0 Å². The highest BCUT2D eigenvalue weighted by Gasteiger charge is 2.20. The van der Waals surface area contributed by atoms with Crippen LogP contribution in [0.15, 0.2) is 12.7 Å². The number of hydrogen-bond acceptors (Lipinski definition) is 3. The van der Waals surface area contributed by atoms with Gasteiger partial charge in [0, 0.05) is 6.04 Å². The molecule has 0 radical (unpaired) electrons.